The average molecular weight is 521 g/mol. The average Bonchev–Trinajstić information content (AvgIpc) is 3.42. The molecule has 2 aliphatic rings. The van der Waals surface area contributed by atoms with Crippen LogP contribution >= 0.6 is 0 Å². The van der Waals surface area contributed by atoms with E-state index in [1.165, 1.54) is 0 Å². The molecule has 7 nitrogen and oxygen atoms in total. The van der Waals surface area contributed by atoms with Gasteiger partial charge >= 0.3 is 0 Å². The Balaban J connectivity index is 1.69. The number of Topliss-reactive ketones (excluding diaryl/α,β-unsaturated/α-hetero) is 1. The van der Waals surface area contributed by atoms with E-state index >= 15 is 0 Å². The number of fused-ring (bicyclic) bond motifs is 1. The van der Waals surface area contributed by atoms with E-state index in [2.05, 4.69) is 25.7 Å². The zero-order valence-corrected chi connectivity index (χ0v) is 23.0. The number of nitrogens with zero attached hydrogens (tertiary/aromatic N) is 2. The summed E-state index contributed by atoms with van der Waals surface area (Å²) < 4.78 is 11.6. The number of benzene rings is 2. The number of aliphatic hydroxyl groups excluding tert-OH is 1. The number of carbonyl (C=O) groups is 2. The molecule has 2 unspecified atom stereocenters. The number of unbranched alkanes of at least 4 members (excludes halogenated alkanes) is 1. The predicted molar refractivity (Wildman–Crippen MR) is 148 cm³/mol. The van der Waals surface area contributed by atoms with Crippen LogP contribution < -0.4 is 9.47 Å². The van der Waals surface area contributed by atoms with Crippen LogP contribution in [0.4, 0.5) is 0 Å². The highest BCUT2D eigenvalue weighted by molar-refractivity contribution is 6.46. The maximum atomic E-state index is 13.4. The van der Waals surface area contributed by atoms with Crippen LogP contribution in [0.1, 0.15) is 69.7 Å². The van der Waals surface area contributed by atoms with Crippen molar-refractivity contribution in [3.8, 4) is 11.5 Å². The summed E-state index contributed by atoms with van der Waals surface area (Å²) in [6, 6.07) is 12.3. The highest BCUT2D eigenvalue weighted by Gasteiger charge is 2.46. The molecule has 2 aliphatic heterocycles. The van der Waals surface area contributed by atoms with Crippen molar-refractivity contribution < 1.29 is 24.2 Å². The predicted octanol–water partition coefficient (Wildman–Crippen LogP) is 5.34. The number of carbonyl (C=O) groups excluding carboxylic acids is 2. The fraction of sp³-hybridized carbons (Fsp3) is 0.484. The van der Waals surface area contributed by atoms with Crippen LogP contribution in [0.25, 0.3) is 5.76 Å². The van der Waals surface area contributed by atoms with Crippen LogP contribution in [-0.4, -0.2) is 65.5 Å². The third-order valence-electron chi connectivity index (χ3n) is 7.44. The van der Waals surface area contributed by atoms with Crippen molar-refractivity contribution in [1.29, 1.82) is 0 Å². The number of ether oxygens (including phenoxy) is 2. The number of likely N-dealkylation sites (tertiary alicyclic amines) is 1. The largest absolute Gasteiger partial charge is 0.507 e. The van der Waals surface area contributed by atoms with Gasteiger partial charge in [-0.2, -0.15) is 0 Å². The molecule has 38 heavy (non-hydrogen) atoms. The van der Waals surface area contributed by atoms with E-state index in [9.17, 15) is 14.7 Å². The molecular weight excluding hydrogens is 480 g/mol. The summed E-state index contributed by atoms with van der Waals surface area (Å²) >= 11 is 0. The summed E-state index contributed by atoms with van der Waals surface area (Å²) in [5.74, 6) is 0.168. The Labute approximate surface area is 226 Å². The topological polar surface area (TPSA) is 79.3 Å². The molecule has 2 aromatic carbocycles. The molecule has 1 amide bonds. The van der Waals surface area contributed by atoms with E-state index in [1.54, 1.807) is 11.0 Å². The maximum absolute atomic E-state index is 13.4. The monoisotopic (exact) mass is 520 g/mol. The lowest BCUT2D eigenvalue weighted by atomic mass is 9.94. The van der Waals surface area contributed by atoms with Gasteiger partial charge in [-0.25, -0.2) is 0 Å². The van der Waals surface area contributed by atoms with Crippen LogP contribution in [-0.2, 0) is 16.0 Å². The maximum Gasteiger partial charge on any atom is 0.295 e. The third kappa shape index (κ3) is 5.88. The smallest absolute Gasteiger partial charge is 0.295 e. The van der Waals surface area contributed by atoms with Gasteiger partial charge in [0.15, 0.2) is 0 Å². The number of rotatable bonds is 12. The molecule has 7 heteroatoms. The van der Waals surface area contributed by atoms with E-state index in [4.69, 9.17) is 9.47 Å². The molecule has 2 aromatic rings. The molecule has 1 fully saturated rings. The Morgan fingerprint density at radius 2 is 1.82 bits per heavy atom. The Bertz CT molecular complexity index is 1170. The Hall–Kier alpha value is -3.32. The number of hydrogen-bond acceptors (Lipinski definition) is 6. The summed E-state index contributed by atoms with van der Waals surface area (Å²) in [7, 11) is 0. The van der Waals surface area contributed by atoms with E-state index in [1.807, 2.05) is 43.3 Å². The van der Waals surface area contributed by atoms with Gasteiger partial charge in [-0.1, -0.05) is 39.3 Å². The highest BCUT2D eigenvalue weighted by atomic mass is 16.5. The molecule has 0 bridgehead atoms. The molecule has 1 saturated heterocycles. The van der Waals surface area contributed by atoms with Crippen molar-refractivity contribution in [2.45, 2.75) is 65.5 Å². The summed E-state index contributed by atoms with van der Waals surface area (Å²) in [5, 5.41) is 11.4. The van der Waals surface area contributed by atoms with E-state index in [0.717, 1.165) is 67.9 Å². The lowest BCUT2D eigenvalue weighted by Gasteiger charge is -2.27. The fourth-order valence-electron chi connectivity index (χ4n) is 5.27. The van der Waals surface area contributed by atoms with Crippen molar-refractivity contribution in [3.05, 3.63) is 64.7 Å². The lowest BCUT2D eigenvalue weighted by Crippen LogP contribution is -2.33. The molecule has 2 atom stereocenters. The first kappa shape index (κ1) is 27.7. The summed E-state index contributed by atoms with van der Waals surface area (Å²) in [6.45, 7) is 12.1. The first-order valence-corrected chi connectivity index (χ1v) is 13.9. The minimum atomic E-state index is -0.667. The highest BCUT2D eigenvalue weighted by Crippen LogP contribution is 2.41. The second-order valence-electron chi connectivity index (χ2n) is 10.1. The van der Waals surface area contributed by atoms with E-state index in [-0.39, 0.29) is 17.4 Å². The molecule has 0 aromatic heterocycles. The van der Waals surface area contributed by atoms with E-state index < -0.39 is 17.7 Å². The quantitative estimate of drug-likeness (QED) is 0.176. The van der Waals surface area contributed by atoms with Gasteiger partial charge in [0.2, 0.25) is 0 Å². The Morgan fingerprint density at radius 1 is 1.08 bits per heavy atom. The third-order valence-corrected chi connectivity index (χ3v) is 7.44. The van der Waals surface area contributed by atoms with Crippen molar-refractivity contribution in [1.82, 2.24) is 9.80 Å². The fourth-order valence-corrected chi connectivity index (χ4v) is 5.27. The summed E-state index contributed by atoms with van der Waals surface area (Å²) in [6.07, 6.45) is 3.56. The normalized spacial score (nSPS) is 20.2. The van der Waals surface area contributed by atoms with Crippen molar-refractivity contribution in [2.24, 2.45) is 0 Å². The standard InChI is InChI=1S/C31H40N2O5/c1-5-8-18-37-25-13-10-22(11-14-25)28-27(29(34)23-12-15-26-24(20-23)19-21(4)38-26)30(35)31(36)33(28)17-9-16-32(6-2)7-3/h10-15,20-21,28,34H,5-9,16-19H2,1-4H3/b29-27+. The van der Waals surface area contributed by atoms with Gasteiger partial charge in [0, 0.05) is 18.5 Å². The van der Waals surface area contributed by atoms with Crippen LogP contribution in [0.5, 0.6) is 11.5 Å². The first-order chi connectivity index (χ1) is 18.4. The molecular formula is C31H40N2O5. The van der Waals surface area contributed by atoms with Gasteiger partial charge in [-0.3, -0.25) is 9.59 Å². The van der Waals surface area contributed by atoms with Gasteiger partial charge in [0.1, 0.15) is 23.4 Å². The summed E-state index contributed by atoms with van der Waals surface area (Å²) in [4.78, 5) is 30.6. The molecule has 204 valence electrons. The van der Waals surface area contributed by atoms with Gasteiger partial charge in [-0.05, 0) is 80.9 Å². The zero-order valence-electron chi connectivity index (χ0n) is 23.0. The minimum Gasteiger partial charge on any atom is -0.507 e. The molecule has 1 N–H and O–H groups in total. The first-order valence-electron chi connectivity index (χ1n) is 13.9. The molecule has 4 rings (SSSR count). The van der Waals surface area contributed by atoms with E-state index in [0.29, 0.717) is 18.7 Å². The van der Waals surface area contributed by atoms with Crippen molar-refractivity contribution >= 4 is 17.4 Å². The second-order valence-corrected chi connectivity index (χ2v) is 10.1. The number of aliphatic hydroxyl groups is 1. The Morgan fingerprint density at radius 3 is 2.50 bits per heavy atom. The minimum absolute atomic E-state index is 0.0665. The van der Waals surface area contributed by atoms with Gasteiger partial charge < -0.3 is 24.4 Å². The number of amides is 1. The number of hydrogen-bond donors (Lipinski definition) is 1. The van der Waals surface area contributed by atoms with Crippen molar-refractivity contribution in [3.63, 3.8) is 0 Å². The van der Waals surface area contributed by atoms with Gasteiger partial charge in [-0.15, -0.1) is 0 Å². The molecule has 0 spiro atoms. The van der Waals surface area contributed by atoms with Crippen LogP contribution in [0.3, 0.4) is 0 Å². The summed E-state index contributed by atoms with van der Waals surface area (Å²) in [5.41, 5.74) is 2.41. The molecule has 0 radical (unpaired) electrons. The van der Waals surface area contributed by atoms with Crippen molar-refractivity contribution in [2.75, 3.05) is 32.8 Å². The Kier molecular flexibility index (Phi) is 9.10. The van der Waals surface area contributed by atoms with Crippen LogP contribution in [0.2, 0.25) is 0 Å². The second kappa shape index (κ2) is 12.5. The van der Waals surface area contributed by atoms with Gasteiger partial charge in [0.25, 0.3) is 11.7 Å². The lowest BCUT2D eigenvalue weighted by molar-refractivity contribution is -0.140. The molecule has 0 saturated carbocycles. The van der Waals surface area contributed by atoms with Gasteiger partial charge in [0.05, 0.1) is 18.2 Å². The number of ketones is 1. The molecule has 2 heterocycles. The zero-order chi connectivity index (χ0) is 27.2. The van der Waals surface area contributed by atoms with Crippen LogP contribution in [0.15, 0.2) is 48.0 Å². The van der Waals surface area contributed by atoms with Crippen LogP contribution in [0, 0.1) is 0 Å². The molecule has 0 aliphatic carbocycles. The SMILES string of the molecule is CCCCOc1ccc(C2/C(=C(\O)c3ccc4c(c3)CC(C)O4)C(=O)C(=O)N2CCCN(CC)CC)cc1.